The SMILES string of the molecule is CCNC(=NCC1(c2cccc(C(F)(F)F)c2)CCC1)NCC1CCN(C)C1.I. The Balaban J connectivity index is 0.00000300. The third kappa shape index (κ3) is 6.23. The van der Waals surface area contributed by atoms with Crippen molar-refractivity contribution in [3.63, 3.8) is 0 Å². The van der Waals surface area contributed by atoms with Gasteiger partial charge in [-0.15, -0.1) is 24.0 Å². The van der Waals surface area contributed by atoms with Crippen molar-refractivity contribution in [2.45, 2.75) is 44.2 Å². The fourth-order valence-electron chi connectivity index (χ4n) is 4.17. The lowest BCUT2D eigenvalue weighted by Gasteiger charge is -2.41. The smallest absolute Gasteiger partial charge is 0.357 e. The van der Waals surface area contributed by atoms with Gasteiger partial charge < -0.3 is 15.5 Å². The summed E-state index contributed by atoms with van der Waals surface area (Å²) in [5.74, 6) is 1.37. The first-order valence-corrected chi connectivity index (χ1v) is 10.2. The first kappa shape index (κ1) is 24.2. The zero-order valence-electron chi connectivity index (χ0n) is 17.2. The van der Waals surface area contributed by atoms with E-state index >= 15 is 0 Å². The molecule has 1 heterocycles. The molecule has 0 radical (unpaired) electrons. The highest BCUT2D eigenvalue weighted by Crippen LogP contribution is 2.45. The summed E-state index contributed by atoms with van der Waals surface area (Å²) in [5.41, 5.74) is -0.0989. The van der Waals surface area contributed by atoms with E-state index in [0.29, 0.717) is 12.5 Å². The van der Waals surface area contributed by atoms with Gasteiger partial charge in [-0.05, 0) is 57.3 Å². The molecule has 1 aromatic rings. The summed E-state index contributed by atoms with van der Waals surface area (Å²) in [4.78, 5) is 7.08. The fraction of sp³-hybridized carbons (Fsp3) is 0.667. The molecule has 1 saturated heterocycles. The molecule has 2 N–H and O–H groups in total. The third-order valence-electron chi connectivity index (χ3n) is 6.04. The maximum Gasteiger partial charge on any atom is 0.416 e. The molecule has 1 unspecified atom stereocenters. The van der Waals surface area contributed by atoms with Crippen LogP contribution in [0.5, 0.6) is 0 Å². The van der Waals surface area contributed by atoms with Gasteiger partial charge in [-0.1, -0.05) is 24.6 Å². The fourth-order valence-corrected chi connectivity index (χ4v) is 4.17. The lowest BCUT2D eigenvalue weighted by atomic mass is 9.64. The molecule has 29 heavy (non-hydrogen) atoms. The predicted octanol–water partition coefficient (Wildman–Crippen LogP) is 4.25. The summed E-state index contributed by atoms with van der Waals surface area (Å²) >= 11 is 0. The first-order chi connectivity index (χ1) is 13.3. The topological polar surface area (TPSA) is 39.7 Å². The van der Waals surface area contributed by atoms with Crippen LogP contribution in [0.25, 0.3) is 0 Å². The number of aliphatic imine (C=N–C) groups is 1. The van der Waals surface area contributed by atoms with Crippen molar-refractivity contribution in [2.24, 2.45) is 10.9 Å². The number of nitrogens with one attached hydrogen (secondary N) is 2. The first-order valence-electron chi connectivity index (χ1n) is 10.2. The number of hydrogen-bond acceptors (Lipinski definition) is 2. The van der Waals surface area contributed by atoms with Crippen molar-refractivity contribution in [3.05, 3.63) is 35.4 Å². The van der Waals surface area contributed by atoms with Gasteiger partial charge in [-0.25, -0.2) is 0 Å². The average molecular weight is 524 g/mol. The van der Waals surface area contributed by atoms with Crippen LogP contribution in [-0.4, -0.2) is 50.6 Å². The molecular weight excluding hydrogens is 492 g/mol. The number of benzene rings is 1. The summed E-state index contributed by atoms with van der Waals surface area (Å²) in [6, 6.07) is 5.79. The number of rotatable bonds is 6. The van der Waals surface area contributed by atoms with Crippen LogP contribution in [0.2, 0.25) is 0 Å². The Kier molecular flexibility index (Phi) is 8.63. The Morgan fingerprint density at radius 1 is 1.28 bits per heavy atom. The lowest BCUT2D eigenvalue weighted by Crippen LogP contribution is -2.43. The van der Waals surface area contributed by atoms with Crippen molar-refractivity contribution >= 4 is 29.9 Å². The highest BCUT2D eigenvalue weighted by Gasteiger charge is 2.40. The molecule has 164 valence electrons. The van der Waals surface area contributed by atoms with E-state index < -0.39 is 11.7 Å². The van der Waals surface area contributed by atoms with E-state index in [-0.39, 0.29) is 29.4 Å². The predicted molar refractivity (Wildman–Crippen MR) is 122 cm³/mol. The van der Waals surface area contributed by atoms with Gasteiger partial charge in [0.05, 0.1) is 12.1 Å². The third-order valence-corrected chi connectivity index (χ3v) is 6.04. The lowest BCUT2D eigenvalue weighted by molar-refractivity contribution is -0.137. The van der Waals surface area contributed by atoms with Crippen LogP contribution in [0.4, 0.5) is 13.2 Å². The second-order valence-electron chi connectivity index (χ2n) is 8.21. The minimum atomic E-state index is -4.31. The number of hydrogen-bond donors (Lipinski definition) is 2. The van der Waals surface area contributed by atoms with Gasteiger partial charge in [0.15, 0.2) is 5.96 Å². The number of halogens is 4. The summed E-state index contributed by atoms with van der Waals surface area (Å²) in [6.45, 7) is 6.36. The van der Waals surface area contributed by atoms with Gasteiger partial charge in [0.25, 0.3) is 0 Å². The number of nitrogens with zero attached hydrogens (tertiary/aromatic N) is 2. The van der Waals surface area contributed by atoms with Gasteiger partial charge in [-0.3, -0.25) is 4.99 Å². The summed E-state index contributed by atoms with van der Waals surface area (Å²) in [6.07, 6.45) is -0.342. The van der Waals surface area contributed by atoms with Crippen molar-refractivity contribution in [2.75, 3.05) is 39.8 Å². The molecule has 8 heteroatoms. The second kappa shape index (κ2) is 10.3. The Morgan fingerprint density at radius 3 is 2.59 bits per heavy atom. The van der Waals surface area contributed by atoms with Crippen LogP contribution in [0.3, 0.4) is 0 Å². The molecule has 1 aromatic carbocycles. The number of alkyl halides is 3. The normalized spacial score (nSPS) is 22.0. The molecule has 1 atom stereocenters. The standard InChI is InChI=1S/C21H31F3N4.HI/c1-3-25-19(26-13-16-8-11-28(2)14-16)27-15-20(9-5-10-20)17-6-4-7-18(12-17)21(22,23)24;/h4,6-7,12,16H,3,5,8-11,13-15H2,1-2H3,(H2,25,26,27);1H. The van der Waals surface area contributed by atoms with E-state index in [9.17, 15) is 13.2 Å². The van der Waals surface area contributed by atoms with E-state index in [1.165, 1.54) is 18.6 Å². The van der Waals surface area contributed by atoms with Crippen LogP contribution in [-0.2, 0) is 11.6 Å². The Hall–Kier alpha value is -1.03. The zero-order valence-corrected chi connectivity index (χ0v) is 19.5. The quantitative estimate of drug-likeness (QED) is 0.332. The van der Waals surface area contributed by atoms with Crippen LogP contribution in [0.1, 0.15) is 43.7 Å². The van der Waals surface area contributed by atoms with Crippen LogP contribution >= 0.6 is 24.0 Å². The molecule has 0 spiro atoms. The summed E-state index contributed by atoms with van der Waals surface area (Å²) in [7, 11) is 2.13. The zero-order chi connectivity index (χ0) is 20.2. The number of likely N-dealkylation sites (tertiary alicyclic amines) is 1. The second-order valence-corrected chi connectivity index (χ2v) is 8.21. The van der Waals surface area contributed by atoms with Crippen molar-refractivity contribution in [1.82, 2.24) is 15.5 Å². The van der Waals surface area contributed by atoms with E-state index in [0.717, 1.165) is 63.0 Å². The van der Waals surface area contributed by atoms with Gasteiger partial charge >= 0.3 is 6.18 Å². The minimum Gasteiger partial charge on any atom is -0.357 e. The molecule has 1 saturated carbocycles. The molecule has 0 bridgehead atoms. The highest BCUT2D eigenvalue weighted by molar-refractivity contribution is 14.0. The maximum atomic E-state index is 13.1. The monoisotopic (exact) mass is 524 g/mol. The minimum absolute atomic E-state index is 0. The average Bonchev–Trinajstić information content (AvgIpc) is 3.03. The number of guanidine groups is 1. The van der Waals surface area contributed by atoms with Crippen molar-refractivity contribution < 1.29 is 13.2 Å². The summed E-state index contributed by atoms with van der Waals surface area (Å²) in [5, 5.41) is 6.69. The van der Waals surface area contributed by atoms with Gasteiger partial charge in [0, 0.05) is 25.0 Å². The van der Waals surface area contributed by atoms with E-state index in [1.54, 1.807) is 0 Å². The maximum absolute atomic E-state index is 13.1. The Bertz CT molecular complexity index is 689. The van der Waals surface area contributed by atoms with Gasteiger partial charge in [0.1, 0.15) is 0 Å². The Labute approximate surface area is 188 Å². The molecule has 1 aliphatic carbocycles. The Morgan fingerprint density at radius 2 is 2.03 bits per heavy atom. The van der Waals surface area contributed by atoms with Crippen molar-refractivity contribution in [1.29, 1.82) is 0 Å². The van der Waals surface area contributed by atoms with Crippen LogP contribution in [0, 0.1) is 5.92 Å². The molecular formula is C21H32F3IN4. The van der Waals surface area contributed by atoms with Crippen LogP contribution in [0.15, 0.2) is 29.3 Å². The molecule has 0 amide bonds. The highest BCUT2D eigenvalue weighted by atomic mass is 127. The van der Waals surface area contributed by atoms with E-state index in [2.05, 4.69) is 22.6 Å². The van der Waals surface area contributed by atoms with Crippen LogP contribution < -0.4 is 10.6 Å². The molecule has 0 aromatic heterocycles. The molecule has 1 aliphatic heterocycles. The van der Waals surface area contributed by atoms with Crippen molar-refractivity contribution in [3.8, 4) is 0 Å². The molecule has 2 aliphatic rings. The molecule has 4 nitrogen and oxygen atoms in total. The molecule has 3 rings (SSSR count). The van der Waals surface area contributed by atoms with Gasteiger partial charge in [0.2, 0.25) is 0 Å². The van der Waals surface area contributed by atoms with Gasteiger partial charge in [-0.2, -0.15) is 13.2 Å². The summed E-state index contributed by atoms with van der Waals surface area (Å²) < 4.78 is 39.4. The largest absolute Gasteiger partial charge is 0.416 e. The van der Waals surface area contributed by atoms with E-state index in [4.69, 9.17) is 4.99 Å². The van der Waals surface area contributed by atoms with E-state index in [1.807, 2.05) is 13.0 Å². The molecule has 2 fully saturated rings.